The van der Waals surface area contributed by atoms with Crippen LogP contribution in [0.25, 0.3) is 0 Å². The van der Waals surface area contributed by atoms with Crippen LogP contribution in [0, 0.1) is 5.92 Å². The van der Waals surface area contributed by atoms with E-state index in [0.29, 0.717) is 6.42 Å². The second-order valence-corrected chi connectivity index (χ2v) is 5.84. The predicted octanol–water partition coefficient (Wildman–Crippen LogP) is 2.30. The number of nitrogens with one attached hydrogen (secondary N) is 2. The lowest BCUT2D eigenvalue weighted by molar-refractivity contribution is -0.121. The van der Waals surface area contributed by atoms with Gasteiger partial charge >= 0.3 is 0 Å². The van der Waals surface area contributed by atoms with Gasteiger partial charge in [-0.05, 0) is 49.4 Å². The number of ether oxygens (including phenoxy) is 1. The van der Waals surface area contributed by atoms with Gasteiger partial charge in [0.1, 0.15) is 5.75 Å². The fraction of sp³-hybridized carbons (Fsp3) is 0.588. The fourth-order valence-electron chi connectivity index (χ4n) is 2.91. The normalized spacial score (nSPS) is 19.2. The molecule has 2 rings (SSSR count). The monoisotopic (exact) mass is 290 g/mol. The van der Waals surface area contributed by atoms with Crippen LogP contribution in [-0.2, 0) is 4.79 Å². The van der Waals surface area contributed by atoms with Crippen LogP contribution in [0.15, 0.2) is 24.3 Å². The van der Waals surface area contributed by atoms with E-state index in [1.165, 1.54) is 6.42 Å². The maximum absolute atomic E-state index is 12.0. The standard InChI is InChI=1S/C17H26N2O2/c1-13(15-5-3-4-6-16(15)21-2)11-17(20)19-10-8-14-7-9-18-12-14/h3-6,13-14,18H,7-12H2,1-2H3,(H,19,20). The SMILES string of the molecule is COc1ccccc1C(C)CC(=O)NCCC1CCNC1. The maximum atomic E-state index is 12.0. The summed E-state index contributed by atoms with van der Waals surface area (Å²) in [7, 11) is 1.67. The first-order chi connectivity index (χ1) is 10.2. The van der Waals surface area contributed by atoms with Crippen molar-refractivity contribution in [1.29, 1.82) is 0 Å². The predicted molar refractivity (Wildman–Crippen MR) is 84.6 cm³/mol. The third-order valence-corrected chi connectivity index (χ3v) is 4.20. The zero-order valence-electron chi connectivity index (χ0n) is 13.0. The van der Waals surface area contributed by atoms with Gasteiger partial charge in [-0.25, -0.2) is 0 Å². The molecule has 21 heavy (non-hydrogen) atoms. The molecule has 0 spiro atoms. The van der Waals surface area contributed by atoms with Crippen molar-refractivity contribution >= 4 is 5.91 Å². The molecule has 1 saturated heterocycles. The summed E-state index contributed by atoms with van der Waals surface area (Å²) in [6.07, 6.45) is 2.80. The average molecular weight is 290 g/mol. The average Bonchev–Trinajstić information content (AvgIpc) is 3.00. The minimum absolute atomic E-state index is 0.124. The lowest BCUT2D eigenvalue weighted by Gasteiger charge is -2.16. The molecular weight excluding hydrogens is 264 g/mol. The highest BCUT2D eigenvalue weighted by molar-refractivity contribution is 5.76. The van der Waals surface area contributed by atoms with Gasteiger partial charge in [-0.2, -0.15) is 0 Å². The highest BCUT2D eigenvalue weighted by Crippen LogP contribution is 2.28. The zero-order valence-corrected chi connectivity index (χ0v) is 13.0. The highest BCUT2D eigenvalue weighted by Gasteiger charge is 2.16. The summed E-state index contributed by atoms with van der Waals surface area (Å²) in [6, 6.07) is 7.90. The summed E-state index contributed by atoms with van der Waals surface area (Å²) in [5, 5.41) is 6.39. The van der Waals surface area contributed by atoms with Crippen LogP contribution in [0.3, 0.4) is 0 Å². The van der Waals surface area contributed by atoms with Gasteiger partial charge in [-0.15, -0.1) is 0 Å². The van der Waals surface area contributed by atoms with Crippen molar-refractivity contribution in [3.63, 3.8) is 0 Å². The van der Waals surface area contributed by atoms with Crippen LogP contribution in [0.1, 0.15) is 37.7 Å². The maximum Gasteiger partial charge on any atom is 0.220 e. The summed E-state index contributed by atoms with van der Waals surface area (Å²) in [5.41, 5.74) is 1.09. The molecule has 0 bridgehead atoms. The van der Waals surface area contributed by atoms with Gasteiger partial charge in [-0.1, -0.05) is 25.1 Å². The van der Waals surface area contributed by atoms with Crippen molar-refractivity contribution in [3.8, 4) is 5.75 Å². The number of rotatable bonds is 7. The van der Waals surface area contributed by atoms with Crippen molar-refractivity contribution in [1.82, 2.24) is 10.6 Å². The molecule has 2 atom stereocenters. The number of carbonyl (C=O) groups is 1. The first kappa shape index (κ1) is 15.8. The van der Waals surface area contributed by atoms with Gasteiger partial charge in [0.25, 0.3) is 0 Å². The van der Waals surface area contributed by atoms with Crippen molar-refractivity contribution < 1.29 is 9.53 Å². The number of amides is 1. The lowest BCUT2D eigenvalue weighted by atomic mass is 9.96. The molecule has 2 unspecified atom stereocenters. The molecule has 1 fully saturated rings. The summed E-state index contributed by atoms with van der Waals surface area (Å²) >= 11 is 0. The van der Waals surface area contributed by atoms with E-state index in [0.717, 1.165) is 43.3 Å². The molecule has 2 N–H and O–H groups in total. The van der Waals surface area contributed by atoms with E-state index >= 15 is 0 Å². The molecule has 1 aliphatic rings. The van der Waals surface area contributed by atoms with Gasteiger partial charge < -0.3 is 15.4 Å². The molecule has 1 aromatic rings. The number of methoxy groups -OCH3 is 1. The second kappa shape index (κ2) is 8.03. The van der Waals surface area contributed by atoms with Crippen LogP contribution in [0.4, 0.5) is 0 Å². The van der Waals surface area contributed by atoms with E-state index in [-0.39, 0.29) is 11.8 Å². The Balaban J connectivity index is 1.76. The Kier molecular flexibility index (Phi) is 6.05. The van der Waals surface area contributed by atoms with Gasteiger partial charge in [-0.3, -0.25) is 4.79 Å². The molecule has 0 aliphatic carbocycles. The van der Waals surface area contributed by atoms with Crippen LogP contribution in [-0.4, -0.2) is 32.7 Å². The molecule has 1 aliphatic heterocycles. The number of hydrogen-bond acceptors (Lipinski definition) is 3. The number of benzene rings is 1. The van der Waals surface area contributed by atoms with E-state index in [2.05, 4.69) is 17.6 Å². The first-order valence-corrected chi connectivity index (χ1v) is 7.81. The lowest BCUT2D eigenvalue weighted by Crippen LogP contribution is -2.27. The minimum Gasteiger partial charge on any atom is -0.496 e. The Labute approximate surface area is 127 Å². The Morgan fingerprint density at radius 1 is 1.48 bits per heavy atom. The second-order valence-electron chi connectivity index (χ2n) is 5.84. The quantitative estimate of drug-likeness (QED) is 0.810. The topological polar surface area (TPSA) is 50.4 Å². The summed E-state index contributed by atoms with van der Waals surface area (Å²) in [5.74, 6) is 1.86. The number of hydrogen-bond donors (Lipinski definition) is 2. The van der Waals surface area contributed by atoms with Crippen LogP contribution >= 0.6 is 0 Å². The molecule has 4 heteroatoms. The van der Waals surface area contributed by atoms with E-state index in [1.807, 2.05) is 24.3 Å². The summed E-state index contributed by atoms with van der Waals surface area (Å²) in [6.45, 7) is 5.05. The van der Waals surface area contributed by atoms with Crippen LogP contribution < -0.4 is 15.4 Å². The number of para-hydroxylation sites is 1. The zero-order chi connectivity index (χ0) is 15.1. The Hall–Kier alpha value is -1.55. The van der Waals surface area contributed by atoms with Crippen molar-refractivity contribution in [3.05, 3.63) is 29.8 Å². The van der Waals surface area contributed by atoms with E-state index in [4.69, 9.17) is 4.74 Å². The van der Waals surface area contributed by atoms with E-state index in [1.54, 1.807) is 7.11 Å². The molecule has 1 amide bonds. The summed E-state index contributed by atoms with van der Waals surface area (Å²) in [4.78, 5) is 12.0. The Morgan fingerprint density at radius 3 is 3.00 bits per heavy atom. The van der Waals surface area contributed by atoms with Crippen LogP contribution in [0.2, 0.25) is 0 Å². The minimum atomic E-state index is 0.124. The molecule has 0 aromatic heterocycles. The van der Waals surface area contributed by atoms with Gasteiger partial charge in [0.05, 0.1) is 7.11 Å². The molecule has 116 valence electrons. The van der Waals surface area contributed by atoms with E-state index < -0.39 is 0 Å². The smallest absolute Gasteiger partial charge is 0.220 e. The third-order valence-electron chi connectivity index (χ3n) is 4.20. The fourth-order valence-corrected chi connectivity index (χ4v) is 2.91. The van der Waals surface area contributed by atoms with Crippen molar-refractivity contribution in [2.45, 2.75) is 32.1 Å². The van der Waals surface area contributed by atoms with Gasteiger partial charge in [0.2, 0.25) is 5.91 Å². The molecular formula is C17H26N2O2. The van der Waals surface area contributed by atoms with Gasteiger partial charge in [0.15, 0.2) is 0 Å². The Morgan fingerprint density at radius 2 is 2.29 bits per heavy atom. The molecule has 4 nitrogen and oxygen atoms in total. The molecule has 0 radical (unpaired) electrons. The van der Waals surface area contributed by atoms with E-state index in [9.17, 15) is 4.79 Å². The number of carbonyl (C=O) groups excluding carboxylic acids is 1. The van der Waals surface area contributed by atoms with Crippen LogP contribution in [0.5, 0.6) is 5.75 Å². The first-order valence-electron chi connectivity index (χ1n) is 7.81. The molecule has 1 aromatic carbocycles. The van der Waals surface area contributed by atoms with Crippen molar-refractivity contribution in [2.75, 3.05) is 26.7 Å². The van der Waals surface area contributed by atoms with Gasteiger partial charge in [0, 0.05) is 13.0 Å². The van der Waals surface area contributed by atoms with Crippen molar-refractivity contribution in [2.24, 2.45) is 5.92 Å². The molecule has 1 heterocycles. The highest BCUT2D eigenvalue weighted by atomic mass is 16.5. The molecule has 0 saturated carbocycles. The largest absolute Gasteiger partial charge is 0.496 e. The third kappa shape index (κ3) is 4.74. The Bertz CT molecular complexity index is 456. The summed E-state index contributed by atoms with van der Waals surface area (Å²) < 4.78 is 5.36.